The van der Waals surface area contributed by atoms with Crippen molar-refractivity contribution >= 4 is 34.9 Å². The van der Waals surface area contributed by atoms with E-state index < -0.39 is 6.29 Å². The molecule has 10 heteroatoms. The number of imide groups is 1. The number of fused-ring (bicyclic) bond motifs is 1. The second kappa shape index (κ2) is 13.3. The summed E-state index contributed by atoms with van der Waals surface area (Å²) in [5.41, 5.74) is 6.45. The minimum absolute atomic E-state index is 0.00809. The van der Waals surface area contributed by atoms with Crippen LogP contribution in [0.3, 0.4) is 0 Å². The van der Waals surface area contributed by atoms with Crippen molar-refractivity contribution < 1.29 is 24.2 Å². The van der Waals surface area contributed by atoms with Crippen LogP contribution < -0.4 is 0 Å². The third-order valence-corrected chi connectivity index (χ3v) is 10.3. The summed E-state index contributed by atoms with van der Waals surface area (Å²) in [6.07, 6.45) is -0.173. The van der Waals surface area contributed by atoms with Crippen LogP contribution in [0.1, 0.15) is 66.8 Å². The van der Waals surface area contributed by atoms with Crippen molar-refractivity contribution in [3.8, 4) is 11.1 Å². The summed E-state index contributed by atoms with van der Waals surface area (Å²) in [6, 6.07) is 30.7. The molecule has 46 heavy (non-hydrogen) atoms. The molecule has 232 valence electrons. The highest BCUT2D eigenvalue weighted by atomic mass is 32.2. The monoisotopic (exact) mass is 649 g/mol. The molecule has 1 N–H and O–H groups in total. The van der Waals surface area contributed by atoms with E-state index in [0.717, 1.165) is 42.7 Å². The molecule has 0 saturated carbocycles. The summed E-state index contributed by atoms with van der Waals surface area (Å²) in [5, 5.41) is 18.8. The van der Waals surface area contributed by atoms with Crippen molar-refractivity contribution in [3.05, 3.63) is 135 Å². The van der Waals surface area contributed by atoms with E-state index >= 15 is 0 Å². The molecule has 0 aliphatic carbocycles. The normalized spacial score (nSPS) is 19.4. The predicted octanol–water partition coefficient (Wildman–Crippen LogP) is 7.14. The van der Waals surface area contributed by atoms with Crippen LogP contribution in [0.4, 0.5) is 0 Å². The van der Waals surface area contributed by atoms with E-state index in [4.69, 9.17) is 9.47 Å². The Kier molecular flexibility index (Phi) is 8.79. The average Bonchev–Trinajstić information content (AvgIpc) is 3.63. The molecule has 1 aromatic heterocycles. The topological polar surface area (TPSA) is 102 Å². The van der Waals surface area contributed by atoms with Crippen LogP contribution in [0.2, 0.25) is 0 Å². The fraction of sp³-hybridized carbons (Fsp3) is 0.222. The first-order valence-electron chi connectivity index (χ1n) is 15.0. The number of amides is 2. The molecule has 8 nitrogen and oxygen atoms in total. The number of aliphatic hydroxyl groups excluding tert-OH is 1. The first-order valence-corrected chi connectivity index (χ1v) is 16.8. The van der Waals surface area contributed by atoms with Crippen LogP contribution in [0.15, 0.2) is 101 Å². The van der Waals surface area contributed by atoms with Gasteiger partial charge in [0.05, 0.1) is 36.5 Å². The Morgan fingerprint density at radius 3 is 2.13 bits per heavy atom. The maximum Gasteiger partial charge on any atom is 0.261 e. The summed E-state index contributed by atoms with van der Waals surface area (Å²) < 4.78 is 13.9. The molecular formula is C36H31N3O5S2. The SMILES string of the molecule is Cc1nnc(SCC2CC(c3ccc(CO)cc3)OC(c3ccc(-c4ccccc4CN4C(=O)c5ccccc5C4=O)cc3)O2)s1. The Balaban J connectivity index is 1.11. The van der Waals surface area contributed by atoms with Gasteiger partial charge in [-0.2, -0.15) is 0 Å². The molecule has 0 radical (unpaired) electrons. The largest absolute Gasteiger partial charge is 0.392 e. The second-order valence-corrected chi connectivity index (χ2v) is 13.7. The highest BCUT2D eigenvalue weighted by molar-refractivity contribution is 8.01. The van der Waals surface area contributed by atoms with Crippen LogP contribution in [0.5, 0.6) is 0 Å². The number of rotatable bonds is 9. The molecule has 3 atom stereocenters. The van der Waals surface area contributed by atoms with Crippen LogP contribution in [-0.4, -0.2) is 43.9 Å². The molecule has 5 aromatic rings. The minimum atomic E-state index is -0.583. The maximum atomic E-state index is 13.1. The fourth-order valence-electron chi connectivity index (χ4n) is 5.84. The lowest BCUT2D eigenvalue weighted by molar-refractivity contribution is -0.245. The molecule has 7 rings (SSSR count). The number of carbonyl (C=O) groups excluding carboxylic acids is 2. The number of aromatic nitrogens is 2. The summed E-state index contributed by atoms with van der Waals surface area (Å²) in [6.45, 7) is 2.12. The molecule has 3 heterocycles. The standard InChI is InChI=1S/C36H31N3O5S2/c1-22-37-38-36(46-22)45-21-28-18-32(25-12-10-23(20-40)11-13-25)44-35(43-28)26-16-14-24(15-17-26)29-7-3-2-6-27(29)19-39-33(41)30-8-4-5-9-31(30)34(39)42/h2-17,28,32,35,40H,18-21H2,1H3. The lowest BCUT2D eigenvalue weighted by Crippen LogP contribution is -2.31. The Hall–Kier alpha value is -4.19. The lowest BCUT2D eigenvalue weighted by atomic mass is 9.97. The summed E-state index contributed by atoms with van der Waals surface area (Å²) in [5.74, 6) is 0.168. The lowest BCUT2D eigenvalue weighted by Gasteiger charge is -2.36. The number of ether oxygens (including phenoxy) is 2. The van der Waals surface area contributed by atoms with E-state index in [1.54, 1.807) is 47.4 Å². The Morgan fingerprint density at radius 2 is 1.48 bits per heavy atom. The first kappa shape index (κ1) is 30.5. The van der Waals surface area contributed by atoms with Gasteiger partial charge in [-0.25, -0.2) is 0 Å². The van der Waals surface area contributed by atoms with E-state index in [1.165, 1.54) is 4.90 Å². The van der Waals surface area contributed by atoms with Gasteiger partial charge in [0.25, 0.3) is 11.8 Å². The summed E-state index contributed by atoms with van der Waals surface area (Å²) >= 11 is 3.21. The van der Waals surface area contributed by atoms with Crippen molar-refractivity contribution in [1.29, 1.82) is 0 Å². The summed E-state index contributed by atoms with van der Waals surface area (Å²) in [7, 11) is 0. The predicted molar refractivity (Wildman–Crippen MR) is 176 cm³/mol. The third kappa shape index (κ3) is 6.27. The fourth-order valence-corrected chi connectivity index (χ4v) is 7.70. The van der Waals surface area contributed by atoms with Crippen molar-refractivity contribution in [3.63, 3.8) is 0 Å². The van der Waals surface area contributed by atoms with Gasteiger partial charge in [-0.15, -0.1) is 10.2 Å². The molecular weight excluding hydrogens is 619 g/mol. The summed E-state index contributed by atoms with van der Waals surface area (Å²) in [4.78, 5) is 27.4. The Morgan fingerprint density at radius 1 is 0.826 bits per heavy atom. The van der Waals surface area contributed by atoms with Crippen molar-refractivity contribution in [2.75, 3.05) is 5.75 Å². The highest BCUT2D eigenvalue weighted by Gasteiger charge is 2.36. The minimum Gasteiger partial charge on any atom is -0.392 e. The molecule has 2 aliphatic heterocycles. The molecule has 1 saturated heterocycles. The van der Waals surface area contributed by atoms with Gasteiger partial charge in [0.1, 0.15) is 5.01 Å². The van der Waals surface area contributed by atoms with E-state index in [0.29, 0.717) is 23.3 Å². The van der Waals surface area contributed by atoms with Gasteiger partial charge in [-0.05, 0) is 46.9 Å². The number of hydrogen-bond acceptors (Lipinski definition) is 9. The molecule has 4 aromatic carbocycles. The van der Waals surface area contributed by atoms with Crippen molar-refractivity contribution in [1.82, 2.24) is 15.1 Å². The van der Waals surface area contributed by atoms with E-state index in [1.807, 2.05) is 79.7 Å². The number of hydrogen-bond donors (Lipinski definition) is 1. The molecule has 0 bridgehead atoms. The van der Waals surface area contributed by atoms with Gasteiger partial charge in [0.2, 0.25) is 0 Å². The van der Waals surface area contributed by atoms with Crippen LogP contribution in [0.25, 0.3) is 11.1 Å². The molecule has 1 fully saturated rings. The number of benzene rings is 4. The van der Waals surface area contributed by atoms with Gasteiger partial charge < -0.3 is 14.6 Å². The van der Waals surface area contributed by atoms with Crippen molar-refractivity contribution in [2.24, 2.45) is 0 Å². The van der Waals surface area contributed by atoms with Crippen LogP contribution in [0, 0.1) is 6.92 Å². The molecule has 0 spiro atoms. The second-order valence-electron chi connectivity index (χ2n) is 11.3. The highest BCUT2D eigenvalue weighted by Crippen LogP contribution is 2.40. The molecule has 3 unspecified atom stereocenters. The zero-order valence-corrected chi connectivity index (χ0v) is 26.7. The van der Waals surface area contributed by atoms with Crippen molar-refractivity contribution in [2.45, 2.75) is 49.3 Å². The van der Waals surface area contributed by atoms with E-state index in [9.17, 15) is 14.7 Å². The number of aliphatic hydroxyl groups is 1. The quantitative estimate of drug-likeness (QED) is 0.133. The van der Waals surface area contributed by atoms with E-state index in [-0.39, 0.29) is 37.2 Å². The molecule has 2 amide bonds. The Labute approximate surface area is 275 Å². The van der Waals surface area contributed by atoms with Crippen LogP contribution >= 0.6 is 23.1 Å². The first-order chi connectivity index (χ1) is 22.5. The zero-order chi connectivity index (χ0) is 31.6. The average molecular weight is 650 g/mol. The number of thioether (sulfide) groups is 1. The third-order valence-electron chi connectivity index (χ3n) is 8.23. The van der Waals surface area contributed by atoms with Gasteiger partial charge in [0, 0.05) is 17.7 Å². The van der Waals surface area contributed by atoms with E-state index in [2.05, 4.69) is 10.2 Å². The number of nitrogens with zero attached hydrogens (tertiary/aromatic N) is 3. The number of carbonyl (C=O) groups is 2. The number of aryl methyl sites for hydroxylation is 1. The zero-order valence-electron chi connectivity index (χ0n) is 25.0. The van der Waals surface area contributed by atoms with Gasteiger partial charge in [0.15, 0.2) is 10.6 Å². The van der Waals surface area contributed by atoms with Gasteiger partial charge in [-0.1, -0.05) is 108 Å². The molecule has 2 aliphatic rings. The maximum absolute atomic E-state index is 13.1. The smallest absolute Gasteiger partial charge is 0.261 e. The Bertz CT molecular complexity index is 1840. The van der Waals surface area contributed by atoms with Crippen LogP contribution in [-0.2, 0) is 22.6 Å². The van der Waals surface area contributed by atoms with Gasteiger partial charge >= 0.3 is 0 Å². The van der Waals surface area contributed by atoms with Gasteiger partial charge in [-0.3, -0.25) is 14.5 Å².